The van der Waals surface area contributed by atoms with E-state index in [0.717, 1.165) is 6.20 Å². The molecular weight excluding hydrogens is 203 g/mol. The summed E-state index contributed by atoms with van der Waals surface area (Å²) >= 11 is -0.258. The standard InChI is InChI=1S/C7H4F3NOS/c8-7(9,10)13-6-2-1-5(4-12)11-3-6/h1-4H. The number of nitrogens with zero attached hydrogens (tertiary/aromatic N) is 1. The summed E-state index contributed by atoms with van der Waals surface area (Å²) in [6, 6.07) is 2.44. The van der Waals surface area contributed by atoms with E-state index in [0.29, 0.717) is 6.29 Å². The van der Waals surface area contributed by atoms with Gasteiger partial charge in [0.25, 0.3) is 0 Å². The van der Waals surface area contributed by atoms with Crippen LogP contribution in [0.3, 0.4) is 0 Å². The minimum Gasteiger partial charge on any atom is -0.296 e. The van der Waals surface area contributed by atoms with E-state index >= 15 is 0 Å². The molecule has 6 heteroatoms. The number of hydrogen-bond acceptors (Lipinski definition) is 3. The topological polar surface area (TPSA) is 30.0 Å². The van der Waals surface area contributed by atoms with Crippen LogP contribution in [-0.4, -0.2) is 16.8 Å². The van der Waals surface area contributed by atoms with Crippen LogP contribution in [0.25, 0.3) is 0 Å². The smallest absolute Gasteiger partial charge is 0.296 e. The van der Waals surface area contributed by atoms with Crippen molar-refractivity contribution < 1.29 is 18.0 Å². The molecule has 0 fully saturated rings. The van der Waals surface area contributed by atoms with E-state index in [1.807, 2.05) is 0 Å². The SMILES string of the molecule is O=Cc1ccc(SC(F)(F)F)cn1. The second kappa shape index (κ2) is 3.78. The highest BCUT2D eigenvalue weighted by molar-refractivity contribution is 8.00. The Bertz CT molecular complexity index is 296. The molecule has 0 amide bonds. The number of hydrogen-bond donors (Lipinski definition) is 0. The molecule has 1 aromatic heterocycles. The Morgan fingerprint density at radius 2 is 2.08 bits per heavy atom. The average Bonchev–Trinajstić information content (AvgIpc) is 2.03. The van der Waals surface area contributed by atoms with Gasteiger partial charge in [0, 0.05) is 11.1 Å². The van der Waals surface area contributed by atoms with Crippen LogP contribution in [0.4, 0.5) is 13.2 Å². The maximum absolute atomic E-state index is 11.8. The van der Waals surface area contributed by atoms with Gasteiger partial charge in [-0.15, -0.1) is 0 Å². The van der Waals surface area contributed by atoms with Gasteiger partial charge in [0.1, 0.15) is 5.69 Å². The highest BCUT2D eigenvalue weighted by atomic mass is 32.2. The molecule has 0 aliphatic rings. The van der Waals surface area contributed by atoms with Gasteiger partial charge in [-0.1, -0.05) is 0 Å². The molecule has 13 heavy (non-hydrogen) atoms. The summed E-state index contributed by atoms with van der Waals surface area (Å²) in [6.45, 7) is 0. The minimum atomic E-state index is -4.32. The van der Waals surface area contributed by atoms with Gasteiger partial charge >= 0.3 is 5.51 Å². The van der Waals surface area contributed by atoms with Gasteiger partial charge in [-0.25, -0.2) is 0 Å². The highest BCUT2D eigenvalue weighted by Crippen LogP contribution is 2.36. The summed E-state index contributed by atoms with van der Waals surface area (Å²) in [6.07, 6.45) is 1.49. The second-order valence-corrected chi connectivity index (χ2v) is 3.22. The number of alkyl halides is 3. The van der Waals surface area contributed by atoms with Crippen LogP contribution in [-0.2, 0) is 0 Å². The summed E-state index contributed by atoms with van der Waals surface area (Å²) in [7, 11) is 0. The average molecular weight is 207 g/mol. The lowest BCUT2D eigenvalue weighted by Crippen LogP contribution is -1.99. The van der Waals surface area contributed by atoms with Crippen LogP contribution in [0, 0.1) is 0 Å². The van der Waals surface area contributed by atoms with E-state index in [1.165, 1.54) is 12.1 Å². The van der Waals surface area contributed by atoms with E-state index in [1.54, 1.807) is 0 Å². The van der Waals surface area contributed by atoms with E-state index in [9.17, 15) is 18.0 Å². The summed E-state index contributed by atoms with van der Waals surface area (Å²) in [5, 5.41) is 0. The molecule has 1 heterocycles. The van der Waals surface area contributed by atoms with Crippen molar-refractivity contribution in [1.82, 2.24) is 4.98 Å². The first-order valence-corrected chi connectivity index (χ1v) is 4.00. The Balaban J connectivity index is 2.75. The molecule has 70 valence electrons. The predicted molar refractivity (Wildman–Crippen MR) is 41.5 cm³/mol. The molecule has 1 aromatic rings. The van der Waals surface area contributed by atoms with Gasteiger partial charge in [-0.3, -0.25) is 9.78 Å². The fourth-order valence-electron chi connectivity index (χ4n) is 0.655. The maximum atomic E-state index is 11.8. The lowest BCUT2D eigenvalue weighted by Gasteiger charge is -2.03. The second-order valence-electron chi connectivity index (χ2n) is 2.08. The Labute approximate surface area is 76.2 Å². The fourth-order valence-corrected chi connectivity index (χ4v) is 1.16. The van der Waals surface area contributed by atoms with Gasteiger partial charge < -0.3 is 0 Å². The van der Waals surface area contributed by atoms with Crippen LogP contribution in [0.5, 0.6) is 0 Å². The Morgan fingerprint density at radius 3 is 2.46 bits per heavy atom. The number of thioether (sulfide) groups is 1. The first-order valence-electron chi connectivity index (χ1n) is 3.18. The van der Waals surface area contributed by atoms with Crippen LogP contribution in [0.15, 0.2) is 23.2 Å². The van der Waals surface area contributed by atoms with Gasteiger partial charge in [0.15, 0.2) is 6.29 Å². The van der Waals surface area contributed by atoms with E-state index < -0.39 is 5.51 Å². The van der Waals surface area contributed by atoms with Crippen molar-refractivity contribution in [3.8, 4) is 0 Å². The Morgan fingerprint density at radius 1 is 1.38 bits per heavy atom. The molecule has 0 bridgehead atoms. The number of carbonyl (C=O) groups excluding carboxylic acids is 1. The zero-order valence-corrected chi connectivity index (χ0v) is 7.02. The van der Waals surface area contributed by atoms with Gasteiger partial charge in [0.05, 0.1) is 0 Å². The fraction of sp³-hybridized carbons (Fsp3) is 0.143. The largest absolute Gasteiger partial charge is 0.446 e. The number of rotatable bonds is 2. The minimum absolute atomic E-state index is 0.0295. The van der Waals surface area contributed by atoms with Crippen molar-refractivity contribution in [3.05, 3.63) is 24.0 Å². The van der Waals surface area contributed by atoms with Crippen molar-refractivity contribution in [2.75, 3.05) is 0 Å². The number of aldehydes is 1. The summed E-state index contributed by atoms with van der Waals surface area (Å²) in [4.78, 5) is 13.6. The first kappa shape index (κ1) is 10.0. The number of pyridine rings is 1. The Kier molecular flexibility index (Phi) is 2.92. The van der Waals surface area contributed by atoms with Gasteiger partial charge in [-0.05, 0) is 23.9 Å². The van der Waals surface area contributed by atoms with Crippen LogP contribution < -0.4 is 0 Å². The molecule has 0 aliphatic heterocycles. The number of carbonyl (C=O) groups is 1. The summed E-state index contributed by atoms with van der Waals surface area (Å²) in [5.74, 6) is 0. The van der Waals surface area contributed by atoms with Crippen molar-refractivity contribution in [2.24, 2.45) is 0 Å². The van der Waals surface area contributed by atoms with E-state index in [4.69, 9.17) is 0 Å². The van der Waals surface area contributed by atoms with Crippen molar-refractivity contribution in [2.45, 2.75) is 10.4 Å². The van der Waals surface area contributed by atoms with Gasteiger partial charge in [-0.2, -0.15) is 13.2 Å². The lowest BCUT2D eigenvalue weighted by molar-refractivity contribution is -0.0328. The zero-order chi connectivity index (χ0) is 9.90. The Hall–Kier alpha value is -1.04. The highest BCUT2D eigenvalue weighted by Gasteiger charge is 2.29. The van der Waals surface area contributed by atoms with Crippen molar-refractivity contribution in [3.63, 3.8) is 0 Å². The third-order valence-corrected chi connectivity index (χ3v) is 1.82. The third-order valence-electron chi connectivity index (χ3n) is 1.11. The molecule has 0 atom stereocenters. The molecule has 0 aliphatic carbocycles. The third kappa shape index (κ3) is 3.45. The monoisotopic (exact) mass is 207 g/mol. The van der Waals surface area contributed by atoms with Gasteiger partial charge in [0.2, 0.25) is 0 Å². The van der Waals surface area contributed by atoms with Crippen molar-refractivity contribution in [1.29, 1.82) is 0 Å². The molecule has 2 nitrogen and oxygen atoms in total. The molecule has 0 aromatic carbocycles. The quantitative estimate of drug-likeness (QED) is 0.551. The molecular formula is C7H4F3NOS. The zero-order valence-electron chi connectivity index (χ0n) is 6.21. The molecule has 0 spiro atoms. The first-order chi connectivity index (χ1) is 6.01. The normalized spacial score (nSPS) is 11.3. The van der Waals surface area contributed by atoms with Crippen molar-refractivity contribution >= 4 is 18.0 Å². The molecule has 0 unspecified atom stereocenters. The summed E-state index contributed by atoms with van der Waals surface area (Å²) < 4.78 is 35.4. The van der Waals surface area contributed by atoms with Crippen LogP contribution >= 0.6 is 11.8 Å². The molecule has 0 radical (unpaired) electrons. The number of halogens is 3. The molecule has 0 saturated heterocycles. The van der Waals surface area contributed by atoms with Crippen LogP contribution in [0.2, 0.25) is 0 Å². The predicted octanol–water partition coefficient (Wildman–Crippen LogP) is 2.51. The number of aromatic nitrogens is 1. The molecule has 1 rings (SSSR count). The molecule has 0 saturated carbocycles. The lowest BCUT2D eigenvalue weighted by atomic mass is 10.4. The maximum Gasteiger partial charge on any atom is 0.446 e. The molecule has 0 N–H and O–H groups in total. The summed E-state index contributed by atoms with van der Waals surface area (Å²) in [5.41, 5.74) is -4.20. The van der Waals surface area contributed by atoms with E-state index in [2.05, 4.69) is 4.98 Å². The van der Waals surface area contributed by atoms with E-state index in [-0.39, 0.29) is 22.4 Å². The van der Waals surface area contributed by atoms with Crippen LogP contribution in [0.1, 0.15) is 10.5 Å².